The molecule has 1 saturated heterocycles. The van der Waals surface area contributed by atoms with E-state index in [0.717, 1.165) is 37.8 Å². The van der Waals surface area contributed by atoms with Crippen LogP contribution in [-0.4, -0.2) is 34.2 Å². The number of aryl methyl sites for hydroxylation is 1. The molecule has 2 atom stereocenters. The molecule has 5 nitrogen and oxygen atoms in total. The Kier molecular flexibility index (Phi) is 4.12. The zero-order valence-electron chi connectivity index (χ0n) is 10.7. The van der Waals surface area contributed by atoms with E-state index in [0.29, 0.717) is 5.92 Å². The Labute approximate surface area is 102 Å². The first-order valence-corrected chi connectivity index (χ1v) is 6.48. The van der Waals surface area contributed by atoms with Crippen molar-refractivity contribution >= 4 is 0 Å². The standard InChI is InChI=1S/C12H22N4O/c1-3-12-14-11(15-17-12)8-16-6-4-5-10(7-16)9(2)13/h9-10H,3-8,13H2,1-2H3. The van der Waals surface area contributed by atoms with Gasteiger partial charge in [0.15, 0.2) is 5.82 Å². The summed E-state index contributed by atoms with van der Waals surface area (Å²) in [5, 5.41) is 3.99. The third kappa shape index (κ3) is 3.26. The Morgan fingerprint density at radius 2 is 2.41 bits per heavy atom. The molecule has 0 aliphatic carbocycles. The Hall–Kier alpha value is -0.940. The summed E-state index contributed by atoms with van der Waals surface area (Å²) in [6.45, 7) is 7.06. The van der Waals surface area contributed by atoms with Crippen LogP contribution >= 0.6 is 0 Å². The minimum Gasteiger partial charge on any atom is -0.339 e. The summed E-state index contributed by atoms with van der Waals surface area (Å²) in [6.07, 6.45) is 3.25. The van der Waals surface area contributed by atoms with Gasteiger partial charge in [-0.1, -0.05) is 12.1 Å². The molecule has 17 heavy (non-hydrogen) atoms. The van der Waals surface area contributed by atoms with E-state index in [4.69, 9.17) is 10.3 Å². The second-order valence-corrected chi connectivity index (χ2v) is 4.95. The molecule has 96 valence electrons. The number of piperidine rings is 1. The molecule has 2 rings (SSSR count). The summed E-state index contributed by atoms with van der Waals surface area (Å²) in [5.74, 6) is 2.12. The van der Waals surface area contributed by atoms with E-state index in [9.17, 15) is 0 Å². The van der Waals surface area contributed by atoms with Crippen molar-refractivity contribution in [3.8, 4) is 0 Å². The Morgan fingerprint density at radius 3 is 3.06 bits per heavy atom. The molecule has 1 aromatic heterocycles. The molecule has 0 amide bonds. The summed E-state index contributed by atoms with van der Waals surface area (Å²) in [6, 6.07) is 0.272. The highest BCUT2D eigenvalue weighted by Crippen LogP contribution is 2.19. The first kappa shape index (κ1) is 12.5. The van der Waals surface area contributed by atoms with Crippen molar-refractivity contribution < 1.29 is 4.52 Å². The molecule has 0 saturated carbocycles. The first-order chi connectivity index (χ1) is 8.19. The van der Waals surface area contributed by atoms with E-state index in [1.807, 2.05) is 6.92 Å². The van der Waals surface area contributed by atoms with Crippen LogP contribution < -0.4 is 5.73 Å². The van der Waals surface area contributed by atoms with Crippen molar-refractivity contribution in [2.24, 2.45) is 11.7 Å². The van der Waals surface area contributed by atoms with Crippen molar-refractivity contribution in [2.45, 2.75) is 45.7 Å². The van der Waals surface area contributed by atoms with Gasteiger partial charge < -0.3 is 10.3 Å². The summed E-state index contributed by atoms with van der Waals surface area (Å²) < 4.78 is 5.12. The predicted molar refractivity (Wildman–Crippen MR) is 65.3 cm³/mol. The van der Waals surface area contributed by atoms with Gasteiger partial charge in [0.2, 0.25) is 5.89 Å². The molecule has 0 radical (unpaired) electrons. The van der Waals surface area contributed by atoms with Crippen LogP contribution in [0.5, 0.6) is 0 Å². The van der Waals surface area contributed by atoms with Gasteiger partial charge in [0.1, 0.15) is 0 Å². The van der Waals surface area contributed by atoms with E-state index in [1.165, 1.54) is 12.8 Å². The summed E-state index contributed by atoms with van der Waals surface area (Å²) in [5.41, 5.74) is 5.97. The quantitative estimate of drug-likeness (QED) is 0.853. The lowest BCUT2D eigenvalue weighted by Gasteiger charge is -2.33. The van der Waals surface area contributed by atoms with Crippen molar-refractivity contribution in [1.29, 1.82) is 0 Å². The second kappa shape index (κ2) is 5.60. The number of likely N-dealkylation sites (tertiary alicyclic amines) is 1. The van der Waals surface area contributed by atoms with Crippen LogP contribution in [0.4, 0.5) is 0 Å². The summed E-state index contributed by atoms with van der Waals surface area (Å²) in [4.78, 5) is 6.72. The fourth-order valence-electron chi connectivity index (χ4n) is 2.36. The van der Waals surface area contributed by atoms with Crippen LogP contribution in [0.25, 0.3) is 0 Å². The smallest absolute Gasteiger partial charge is 0.226 e. The fraction of sp³-hybridized carbons (Fsp3) is 0.833. The van der Waals surface area contributed by atoms with Crippen LogP contribution in [0.15, 0.2) is 4.52 Å². The minimum atomic E-state index is 0.272. The van der Waals surface area contributed by atoms with E-state index < -0.39 is 0 Å². The monoisotopic (exact) mass is 238 g/mol. The zero-order valence-corrected chi connectivity index (χ0v) is 10.7. The lowest BCUT2D eigenvalue weighted by atomic mass is 9.92. The van der Waals surface area contributed by atoms with Crippen LogP contribution in [-0.2, 0) is 13.0 Å². The average Bonchev–Trinajstić information content (AvgIpc) is 2.77. The van der Waals surface area contributed by atoms with E-state index in [2.05, 4.69) is 22.0 Å². The highest BCUT2D eigenvalue weighted by molar-refractivity contribution is 4.88. The van der Waals surface area contributed by atoms with Gasteiger partial charge in [-0.15, -0.1) is 0 Å². The minimum absolute atomic E-state index is 0.272. The number of hydrogen-bond acceptors (Lipinski definition) is 5. The van der Waals surface area contributed by atoms with Gasteiger partial charge in [0.05, 0.1) is 6.54 Å². The predicted octanol–water partition coefficient (Wildman–Crippen LogP) is 1.19. The maximum absolute atomic E-state index is 5.97. The average molecular weight is 238 g/mol. The molecule has 1 aliphatic heterocycles. The van der Waals surface area contributed by atoms with Crippen LogP contribution in [0.2, 0.25) is 0 Å². The molecular weight excluding hydrogens is 216 g/mol. The Bertz CT molecular complexity index is 350. The van der Waals surface area contributed by atoms with Gasteiger partial charge in [0.25, 0.3) is 0 Å². The topological polar surface area (TPSA) is 68.2 Å². The molecule has 0 bridgehead atoms. The van der Waals surface area contributed by atoms with Gasteiger partial charge in [-0.3, -0.25) is 4.90 Å². The van der Waals surface area contributed by atoms with Gasteiger partial charge in [0, 0.05) is 19.0 Å². The maximum atomic E-state index is 5.97. The summed E-state index contributed by atoms with van der Waals surface area (Å²) >= 11 is 0. The highest BCUT2D eigenvalue weighted by atomic mass is 16.5. The maximum Gasteiger partial charge on any atom is 0.226 e. The van der Waals surface area contributed by atoms with Gasteiger partial charge in [-0.2, -0.15) is 4.98 Å². The van der Waals surface area contributed by atoms with Gasteiger partial charge in [-0.25, -0.2) is 0 Å². The van der Waals surface area contributed by atoms with E-state index in [1.54, 1.807) is 0 Å². The Morgan fingerprint density at radius 1 is 1.59 bits per heavy atom. The summed E-state index contributed by atoms with van der Waals surface area (Å²) in [7, 11) is 0. The third-order valence-electron chi connectivity index (χ3n) is 3.46. The molecule has 2 N–H and O–H groups in total. The molecule has 1 aliphatic rings. The molecule has 2 unspecified atom stereocenters. The molecule has 2 heterocycles. The first-order valence-electron chi connectivity index (χ1n) is 6.48. The van der Waals surface area contributed by atoms with Gasteiger partial charge in [-0.05, 0) is 32.2 Å². The number of nitrogens with zero attached hydrogens (tertiary/aromatic N) is 3. The second-order valence-electron chi connectivity index (χ2n) is 4.95. The Balaban J connectivity index is 1.90. The number of nitrogens with two attached hydrogens (primary N) is 1. The SMILES string of the molecule is CCc1nc(CN2CCCC(C(C)N)C2)no1. The van der Waals surface area contributed by atoms with E-state index in [-0.39, 0.29) is 6.04 Å². The third-order valence-corrected chi connectivity index (χ3v) is 3.46. The molecular formula is C12H22N4O. The lowest BCUT2D eigenvalue weighted by Crippen LogP contribution is -2.42. The number of hydrogen-bond donors (Lipinski definition) is 1. The molecule has 0 spiro atoms. The number of rotatable bonds is 4. The van der Waals surface area contributed by atoms with Crippen LogP contribution in [0.3, 0.4) is 0 Å². The van der Waals surface area contributed by atoms with Crippen molar-refractivity contribution in [2.75, 3.05) is 13.1 Å². The lowest BCUT2D eigenvalue weighted by molar-refractivity contribution is 0.150. The van der Waals surface area contributed by atoms with Crippen molar-refractivity contribution in [3.05, 3.63) is 11.7 Å². The normalized spacial score (nSPS) is 23.8. The van der Waals surface area contributed by atoms with Crippen molar-refractivity contribution in [3.63, 3.8) is 0 Å². The molecule has 1 aromatic rings. The largest absolute Gasteiger partial charge is 0.339 e. The van der Waals surface area contributed by atoms with Crippen LogP contribution in [0.1, 0.15) is 38.4 Å². The zero-order chi connectivity index (χ0) is 12.3. The number of aromatic nitrogens is 2. The van der Waals surface area contributed by atoms with E-state index >= 15 is 0 Å². The van der Waals surface area contributed by atoms with Gasteiger partial charge >= 0.3 is 0 Å². The molecule has 0 aromatic carbocycles. The van der Waals surface area contributed by atoms with Crippen LogP contribution in [0, 0.1) is 5.92 Å². The fourth-order valence-corrected chi connectivity index (χ4v) is 2.36. The molecule has 1 fully saturated rings. The molecule has 5 heteroatoms. The van der Waals surface area contributed by atoms with Crippen molar-refractivity contribution in [1.82, 2.24) is 15.0 Å². The highest BCUT2D eigenvalue weighted by Gasteiger charge is 2.23.